The molecule has 0 saturated heterocycles. The minimum atomic E-state index is 0.546. The Morgan fingerprint density at radius 3 is 1.83 bits per heavy atom. The topological polar surface area (TPSA) is 69.9 Å². The fourth-order valence-corrected chi connectivity index (χ4v) is 11.1. The lowest BCUT2D eigenvalue weighted by atomic mass is 9.95. The molecule has 0 aliphatic rings. The maximum absolute atomic E-state index is 7.37. The second-order valence-corrected chi connectivity index (χ2v) is 17.3. The van der Waals surface area contributed by atoms with E-state index in [4.69, 9.17) is 23.8 Å². The van der Waals surface area contributed by atoms with Crippen molar-refractivity contribution in [2.75, 3.05) is 0 Å². The van der Waals surface area contributed by atoms with Crippen LogP contribution in [0, 0.1) is 0 Å². The average molecular weight is 837 g/mol. The number of aromatic nitrogens is 4. The van der Waals surface area contributed by atoms with Crippen LogP contribution in [0.2, 0.25) is 0 Å². The molecule has 6 nitrogen and oxygen atoms in total. The number of hydrogen-bond donors (Lipinski definition) is 0. The molecule has 5 heterocycles. The summed E-state index contributed by atoms with van der Waals surface area (Å²) in [5.41, 5.74) is 10.8. The third-order valence-electron chi connectivity index (χ3n) is 12.7. The van der Waals surface area contributed by atoms with Gasteiger partial charge in [0.2, 0.25) is 0 Å². The molecule has 64 heavy (non-hydrogen) atoms. The highest BCUT2D eigenvalue weighted by Crippen LogP contribution is 2.47. The molecule has 0 unspecified atom stereocenters. The molecule has 14 rings (SSSR count). The SMILES string of the molecule is c1ccc(-c2nc(-c3ccccc3)nc(-c3ccc4c(oc5c(-n6c7ccccc7c7c8sc9ccccc9c8ccc76)cccc54)c3-c3ccc4c(c3)oc3ccccc34)n2)cc1. The van der Waals surface area contributed by atoms with E-state index in [9.17, 15) is 0 Å². The van der Waals surface area contributed by atoms with Crippen molar-refractivity contribution in [2.24, 2.45) is 0 Å². The van der Waals surface area contributed by atoms with E-state index in [1.165, 1.54) is 30.9 Å². The van der Waals surface area contributed by atoms with Gasteiger partial charge in [0.1, 0.15) is 16.7 Å². The van der Waals surface area contributed by atoms with Crippen molar-refractivity contribution in [3.8, 4) is 51.0 Å². The molecule has 0 saturated carbocycles. The highest BCUT2D eigenvalue weighted by Gasteiger charge is 2.25. The van der Waals surface area contributed by atoms with Crippen molar-refractivity contribution in [3.05, 3.63) is 194 Å². The number of hydrogen-bond acceptors (Lipinski definition) is 6. The van der Waals surface area contributed by atoms with Crippen molar-refractivity contribution in [3.63, 3.8) is 0 Å². The molecule has 0 atom stereocenters. The molecule has 5 aromatic heterocycles. The molecular formula is C57H32N4O2S. The largest absolute Gasteiger partial charge is 0.456 e. The number of para-hydroxylation sites is 3. The first-order chi connectivity index (χ1) is 31.7. The highest BCUT2D eigenvalue weighted by molar-refractivity contribution is 7.26. The van der Waals surface area contributed by atoms with E-state index in [0.29, 0.717) is 17.5 Å². The normalized spacial score (nSPS) is 12.1. The molecule has 0 radical (unpaired) electrons. The van der Waals surface area contributed by atoms with Crippen LogP contribution in [0.15, 0.2) is 203 Å². The van der Waals surface area contributed by atoms with Crippen molar-refractivity contribution >= 4 is 97.2 Å². The lowest BCUT2D eigenvalue weighted by Gasteiger charge is -2.13. The van der Waals surface area contributed by atoms with E-state index in [1.54, 1.807) is 0 Å². The zero-order valence-corrected chi connectivity index (χ0v) is 34.8. The summed E-state index contributed by atoms with van der Waals surface area (Å²) >= 11 is 1.86. The van der Waals surface area contributed by atoms with E-state index in [-0.39, 0.29) is 0 Å². The monoisotopic (exact) mass is 836 g/mol. The van der Waals surface area contributed by atoms with Gasteiger partial charge in [-0.2, -0.15) is 0 Å². The summed E-state index contributed by atoms with van der Waals surface area (Å²) in [6.45, 7) is 0. The Hall–Kier alpha value is -8.39. The Labute approximate surface area is 368 Å². The lowest BCUT2D eigenvalue weighted by Crippen LogP contribution is -2.01. The second-order valence-electron chi connectivity index (χ2n) is 16.3. The molecule has 9 aromatic carbocycles. The van der Waals surface area contributed by atoms with Crippen LogP contribution in [0.25, 0.3) is 137 Å². The number of benzene rings is 9. The average Bonchev–Trinajstić information content (AvgIpc) is 4.13. The van der Waals surface area contributed by atoms with Gasteiger partial charge in [-0.25, -0.2) is 15.0 Å². The van der Waals surface area contributed by atoms with Gasteiger partial charge in [0, 0.05) is 74.7 Å². The third kappa shape index (κ3) is 5.16. The van der Waals surface area contributed by atoms with Gasteiger partial charge < -0.3 is 13.4 Å². The molecule has 0 aliphatic heterocycles. The molecule has 0 amide bonds. The van der Waals surface area contributed by atoms with Gasteiger partial charge in [0.15, 0.2) is 23.1 Å². The van der Waals surface area contributed by atoms with Gasteiger partial charge in [-0.1, -0.05) is 140 Å². The second kappa shape index (κ2) is 13.6. The number of furan rings is 2. The Bertz CT molecular complexity index is 4140. The van der Waals surface area contributed by atoms with E-state index in [2.05, 4.69) is 120 Å². The zero-order valence-electron chi connectivity index (χ0n) is 34.0. The smallest absolute Gasteiger partial charge is 0.164 e. The number of fused-ring (bicyclic) bond motifs is 13. The van der Waals surface area contributed by atoms with Crippen molar-refractivity contribution in [1.29, 1.82) is 0 Å². The minimum Gasteiger partial charge on any atom is -0.456 e. The van der Waals surface area contributed by atoms with Crippen LogP contribution in [-0.4, -0.2) is 19.5 Å². The summed E-state index contributed by atoms with van der Waals surface area (Å²) < 4.78 is 18.8. The maximum Gasteiger partial charge on any atom is 0.164 e. The molecule has 7 heteroatoms. The quantitative estimate of drug-likeness (QED) is 0.173. The van der Waals surface area contributed by atoms with Crippen molar-refractivity contribution in [2.45, 2.75) is 0 Å². The summed E-state index contributed by atoms with van der Waals surface area (Å²) in [5.74, 6) is 1.73. The first kappa shape index (κ1) is 35.2. The van der Waals surface area contributed by atoms with Crippen LogP contribution in [0.5, 0.6) is 0 Å². The molecule has 14 aromatic rings. The molecular weight excluding hydrogens is 805 g/mol. The van der Waals surface area contributed by atoms with Crippen LogP contribution in [0.1, 0.15) is 0 Å². The van der Waals surface area contributed by atoms with Crippen LogP contribution >= 0.6 is 11.3 Å². The third-order valence-corrected chi connectivity index (χ3v) is 13.9. The van der Waals surface area contributed by atoms with Gasteiger partial charge in [0.05, 0.1) is 16.7 Å². The van der Waals surface area contributed by atoms with Crippen LogP contribution in [0.3, 0.4) is 0 Å². The summed E-state index contributed by atoms with van der Waals surface area (Å²) in [6.07, 6.45) is 0. The van der Waals surface area contributed by atoms with Crippen molar-refractivity contribution in [1.82, 2.24) is 19.5 Å². The minimum absolute atomic E-state index is 0.546. The van der Waals surface area contributed by atoms with Gasteiger partial charge in [-0.15, -0.1) is 11.3 Å². The number of rotatable bonds is 5. The summed E-state index contributed by atoms with van der Waals surface area (Å²) in [5, 5.41) is 9.17. The molecule has 0 spiro atoms. The van der Waals surface area contributed by atoms with E-state index >= 15 is 0 Å². The standard InChI is InChI=1S/C57H32N4O2S/c1-3-14-33(15-4-1)55-58-56(34-16-5-2-6-17-34)60-57(59-55)43-29-28-40-39-21-13-23-46(52(39)63-53(40)50(43)35-26-27-37-36-18-8-11-24-47(36)62-48(37)32-35)61-44-22-10-7-20-42(44)51-45(61)31-30-41-38-19-9-12-25-49(38)64-54(41)51/h1-32H. The van der Waals surface area contributed by atoms with Crippen molar-refractivity contribution < 1.29 is 8.83 Å². The molecule has 0 N–H and O–H groups in total. The summed E-state index contributed by atoms with van der Waals surface area (Å²) in [6, 6.07) is 67.6. The molecule has 298 valence electrons. The van der Waals surface area contributed by atoms with Crippen LogP contribution in [-0.2, 0) is 0 Å². The maximum atomic E-state index is 7.37. The van der Waals surface area contributed by atoms with Crippen LogP contribution in [0.4, 0.5) is 0 Å². The Balaban J connectivity index is 1.07. The first-order valence-electron chi connectivity index (χ1n) is 21.3. The fraction of sp³-hybridized carbons (Fsp3) is 0. The Morgan fingerprint density at radius 2 is 1.02 bits per heavy atom. The predicted molar refractivity (Wildman–Crippen MR) is 263 cm³/mol. The molecule has 0 fully saturated rings. The van der Waals surface area contributed by atoms with Gasteiger partial charge in [-0.05, 0) is 60.2 Å². The summed E-state index contributed by atoms with van der Waals surface area (Å²) in [7, 11) is 0. The Kier molecular flexibility index (Phi) is 7.46. The predicted octanol–water partition coefficient (Wildman–Crippen LogP) is 15.8. The lowest BCUT2D eigenvalue weighted by molar-refractivity contribution is 0.667. The number of nitrogens with zero attached hydrogens (tertiary/aromatic N) is 4. The fourth-order valence-electron chi connectivity index (χ4n) is 9.80. The van der Waals surface area contributed by atoms with Gasteiger partial charge in [-0.3, -0.25) is 0 Å². The Morgan fingerprint density at radius 1 is 0.391 bits per heavy atom. The van der Waals surface area contributed by atoms with E-state index < -0.39 is 0 Å². The zero-order chi connectivity index (χ0) is 41.9. The first-order valence-corrected chi connectivity index (χ1v) is 22.2. The van der Waals surface area contributed by atoms with Gasteiger partial charge in [0.25, 0.3) is 0 Å². The van der Waals surface area contributed by atoms with Crippen LogP contribution < -0.4 is 0 Å². The molecule has 0 bridgehead atoms. The van der Waals surface area contributed by atoms with Gasteiger partial charge >= 0.3 is 0 Å². The molecule has 0 aliphatic carbocycles. The van der Waals surface area contributed by atoms with E-state index in [1.807, 2.05) is 90.2 Å². The summed E-state index contributed by atoms with van der Waals surface area (Å²) in [4.78, 5) is 15.5. The highest BCUT2D eigenvalue weighted by atomic mass is 32.1. The van der Waals surface area contributed by atoms with E-state index in [0.717, 1.165) is 88.4 Å². The number of thiophene rings is 1.